The van der Waals surface area contributed by atoms with E-state index in [1.54, 1.807) is 11.8 Å². The van der Waals surface area contributed by atoms with Crippen molar-refractivity contribution in [1.82, 2.24) is 14.7 Å². The predicted octanol–water partition coefficient (Wildman–Crippen LogP) is 3.46. The summed E-state index contributed by atoms with van der Waals surface area (Å²) >= 11 is 6.63. The molecule has 0 saturated carbocycles. The quantitative estimate of drug-likeness (QED) is 0.399. The molecule has 0 atom stereocenters. The number of aryl methyl sites for hydroxylation is 1. The van der Waals surface area contributed by atoms with Crippen molar-refractivity contribution < 1.29 is 29.3 Å². The van der Waals surface area contributed by atoms with E-state index in [1.165, 1.54) is 0 Å². The third-order valence-corrected chi connectivity index (χ3v) is 5.27. The molecule has 2 aromatic carbocycles. The first-order chi connectivity index (χ1) is 16.7. The minimum absolute atomic E-state index is 0.111. The van der Waals surface area contributed by atoms with Crippen LogP contribution >= 0.6 is 11.6 Å². The van der Waals surface area contributed by atoms with Gasteiger partial charge in [0, 0.05) is 12.1 Å². The summed E-state index contributed by atoms with van der Waals surface area (Å²) in [6.07, 6.45) is 0. The van der Waals surface area contributed by atoms with Gasteiger partial charge in [-0.1, -0.05) is 48.9 Å². The third kappa shape index (κ3) is 7.83. The molecule has 35 heavy (non-hydrogen) atoms. The van der Waals surface area contributed by atoms with Gasteiger partial charge in [-0.25, -0.2) is 14.3 Å². The van der Waals surface area contributed by atoms with Crippen molar-refractivity contribution in [3.05, 3.63) is 71.0 Å². The molecule has 0 aliphatic rings. The number of nitrogens with zero attached hydrogens (tertiary/aromatic N) is 3. The summed E-state index contributed by atoms with van der Waals surface area (Å²) in [5.74, 6) is -3.13. The fourth-order valence-corrected chi connectivity index (χ4v) is 3.43. The second-order valence-electron chi connectivity index (χ2n) is 7.26. The van der Waals surface area contributed by atoms with Gasteiger partial charge in [-0.05, 0) is 37.7 Å². The SMILES string of the molecule is CCN(CC(=O)Nc1ccccc1OC)Cc1c(C)nn(-c2ccccc2)c1Cl.O=C(O)C(=O)O. The maximum Gasteiger partial charge on any atom is 0.414 e. The van der Waals surface area contributed by atoms with Crippen molar-refractivity contribution in [1.29, 1.82) is 0 Å². The first kappa shape index (κ1) is 27.4. The van der Waals surface area contributed by atoms with E-state index in [9.17, 15) is 4.79 Å². The van der Waals surface area contributed by atoms with E-state index in [0.29, 0.717) is 29.7 Å². The molecule has 1 amide bonds. The lowest BCUT2D eigenvalue weighted by Gasteiger charge is -2.20. The number of amides is 1. The number of hydrogen-bond donors (Lipinski definition) is 3. The lowest BCUT2D eigenvalue weighted by atomic mass is 10.2. The molecule has 0 aliphatic carbocycles. The Morgan fingerprint density at radius 1 is 1.06 bits per heavy atom. The van der Waals surface area contributed by atoms with Crippen LogP contribution in [-0.2, 0) is 20.9 Å². The summed E-state index contributed by atoms with van der Waals surface area (Å²) in [7, 11) is 1.58. The molecular formula is C24H27ClN4O6. The first-order valence-corrected chi connectivity index (χ1v) is 11.0. The van der Waals surface area contributed by atoms with Crippen LogP contribution in [0.5, 0.6) is 5.75 Å². The van der Waals surface area contributed by atoms with Gasteiger partial charge < -0.3 is 20.3 Å². The van der Waals surface area contributed by atoms with E-state index in [1.807, 2.05) is 73.3 Å². The predicted molar refractivity (Wildman–Crippen MR) is 131 cm³/mol. The van der Waals surface area contributed by atoms with Crippen LogP contribution in [0.2, 0.25) is 5.15 Å². The maximum atomic E-state index is 12.6. The number of carbonyl (C=O) groups excluding carboxylic acids is 1. The van der Waals surface area contributed by atoms with Crippen LogP contribution in [0.1, 0.15) is 18.2 Å². The average molecular weight is 503 g/mol. The second kappa shape index (κ2) is 13.1. The minimum Gasteiger partial charge on any atom is -0.495 e. The van der Waals surface area contributed by atoms with E-state index in [-0.39, 0.29) is 12.5 Å². The van der Waals surface area contributed by atoms with Gasteiger partial charge in [0.05, 0.1) is 30.7 Å². The van der Waals surface area contributed by atoms with Gasteiger partial charge in [0.2, 0.25) is 5.91 Å². The molecule has 0 spiro atoms. The highest BCUT2D eigenvalue weighted by molar-refractivity contribution is 6.30. The average Bonchev–Trinajstić information content (AvgIpc) is 3.13. The Balaban J connectivity index is 0.000000641. The highest BCUT2D eigenvalue weighted by Crippen LogP contribution is 2.25. The Morgan fingerprint density at radius 2 is 1.66 bits per heavy atom. The largest absolute Gasteiger partial charge is 0.495 e. The molecule has 186 valence electrons. The van der Waals surface area contributed by atoms with E-state index in [4.69, 9.17) is 36.1 Å². The van der Waals surface area contributed by atoms with Crippen molar-refractivity contribution in [2.24, 2.45) is 0 Å². The molecule has 0 unspecified atom stereocenters. The van der Waals surface area contributed by atoms with E-state index < -0.39 is 11.9 Å². The number of methoxy groups -OCH3 is 1. The zero-order valence-corrected chi connectivity index (χ0v) is 20.3. The highest BCUT2D eigenvalue weighted by Gasteiger charge is 2.19. The lowest BCUT2D eigenvalue weighted by Crippen LogP contribution is -2.33. The van der Waals surface area contributed by atoms with Crippen molar-refractivity contribution in [2.75, 3.05) is 25.5 Å². The molecule has 1 heterocycles. The number of ether oxygens (including phenoxy) is 1. The molecule has 1 aromatic heterocycles. The Hall–Kier alpha value is -3.89. The number of rotatable bonds is 8. The number of carboxylic acids is 2. The minimum atomic E-state index is -1.82. The topological polar surface area (TPSA) is 134 Å². The molecule has 0 aliphatic heterocycles. The van der Waals surface area contributed by atoms with Crippen LogP contribution in [0.25, 0.3) is 5.69 Å². The monoisotopic (exact) mass is 502 g/mol. The number of para-hydroxylation sites is 3. The van der Waals surface area contributed by atoms with E-state index >= 15 is 0 Å². The number of halogens is 1. The van der Waals surface area contributed by atoms with Gasteiger partial charge in [-0.3, -0.25) is 9.69 Å². The fraction of sp³-hybridized carbons (Fsp3) is 0.250. The van der Waals surface area contributed by atoms with Gasteiger partial charge in [0.1, 0.15) is 10.9 Å². The van der Waals surface area contributed by atoms with Gasteiger partial charge in [0.25, 0.3) is 0 Å². The van der Waals surface area contributed by atoms with E-state index in [0.717, 1.165) is 16.9 Å². The number of aromatic nitrogens is 2. The normalized spacial score (nSPS) is 10.3. The molecule has 11 heteroatoms. The maximum absolute atomic E-state index is 12.6. The zero-order chi connectivity index (χ0) is 26.0. The summed E-state index contributed by atoms with van der Waals surface area (Å²) in [5, 5.41) is 22.8. The van der Waals surface area contributed by atoms with Crippen molar-refractivity contribution >= 4 is 35.1 Å². The van der Waals surface area contributed by atoms with Gasteiger partial charge >= 0.3 is 11.9 Å². The first-order valence-electron chi connectivity index (χ1n) is 10.6. The molecule has 0 fully saturated rings. The number of anilines is 1. The number of likely N-dealkylation sites (N-methyl/N-ethyl adjacent to an activating group) is 1. The van der Waals surface area contributed by atoms with Crippen LogP contribution in [-0.4, -0.2) is 62.9 Å². The number of carbonyl (C=O) groups is 3. The number of benzene rings is 2. The number of aliphatic carboxylic acids is 2. The molecule has 3 aromatic rings. The number of hydrogen-bond acceptors (Lipinski definition) is 6. The van der Waals surface area contributed by atoms with Crippen LogP contribution in [0.15, 0.2) is 54.6 Å². The molecule has 0 bridgehead atoms. The zero-order valence-electron chi connectivity index (χ0n) is 19.6. The Morgan fingerprint density at radius 3 is 2.23 bits per heavy atom. The second-order valence-corrected chi connectivity index (χ2v) is 7.62. The summed E-state index contributed by atoms with van der Waals surface area (Å²) in [6, 6.07) is 17.1. The third-order valence-electron chi connectivity index (χ3n) is 4.88. The van der Waals surface area contributed by atoms with Crippen molar-refractivity contribution in [2.45, 2.75) is 20.4 Å². The lowest BCUT2D eigenvalue weighted by molar-refractivity contribution is -0.159. The summed E-state index contributed by atoms with van der Waals surface area (Å²) < 4.78 is 7.02. The molecule has 10 nitrogen and oxygen atoms in total. The summed E-state index contributed by atoms with van der Waals surface area (Å²) in [5.41, 5.74) is 3.33. The van der Waals surface area contributed by atoms with Crippen LogP contribution < -0.4 is 10.1 Å². The Kier molecular flexibility index (Phi) is 10.2. The number of nitrogens with one attached hydrogen (secondary N) is 1. The summed E-state index contributed by atoms with van der Waals surface area (Å²) in [6.45, 7) is 5.42. The van der Waals surface area contributed by atoms with E-state index in [2.05, 4.69) is 10.4 Å². The molecule has 3 N–H and O–H groups in total. The smallest absolute Gasteiger partial charge is 0.414 e. The Labute approximate surface area is 207 Å². The van der Waals surface area contributed by atoms with Crippen LogP contribution in [0, 0.1) is 6.92 Å². The van der Waals surface area contributed by atoms with Crippen molar-refractivity contribution in [3.63, 3.8) is 0 Å². The van der Waals surface area contributed by atoms with Gasteiger partial charge in [0.15, 0.2) is 0 Å². The van der Waals surface area contributed by atoms with Crippen LogP contribution in [0.4, 0.5) is 5.69 Å². The highest BCUT2D eigenvalue weighted by atomic mass is 35.5. The number of carboxylic acid groups (broad SMARTS) is 2. The van der Waals surface area contributed by atoms with Crippen LogP contribution in [0.3, 0.4) is 0 Å². The van der Waals surface area contributed by atoms with Crippen molar-refractivity contribution in [3.8, 4) is 11.4 Å². The summed E-state index contributed by atoms with van der Waals surface area (Å²) in [4.78, 5) is 32.8. The molecule has 0 radical (unpaired) electrons. The fourth-order valence-electron chi connectivity index (χ4n) is 3.10. The Bertz CT molecular complexity index is 1150. The van der Waals surface area contributed by atoms with Gasteiger partial charge in [-0.2, -0.15) is 5.10 Å². The standard InChI is InChI=1S/C22H25ClN4O2.C2H2O4/c1-4-26(15-21(28)24-19-12-8-9-13-20(19)29-3)14-18-16(2)25-27(22(18)23)17-10-6-5-7-11-17;3-1(4)2(5)6/h5-13H,4,14-15H2,1-3H3,(H,24,28);(H,3,4)(H,5,6). The molecule has 3 rings (SSSR count). The molecular weight excluding hydrogens is 476 g/mol. The van der Waals surface area contributed by atoms with Gasteiger partial charge in [-0.15, -0.1) is 0 Å². The molecule has 0 saturated heterocycles.